The first kappa shape index (κ1) is 54.0. The Morgan fingerprint density at radius 2 is 1.09 bits per heavy atom. The molecule has 2 saturated heterocycles. The number of likely N-dealkylation sites (N-methyl/N-ethyl adjacent to an activating group) is 1. The van der Waals surface area contributed by atoms with Crippen molar-refractivity contribution < 1.29 is 31.2 Å². The van der Waals surface area contributed by atoms with Gasteiger partial charge in [0.25, 0.3) is 6.47 Å². The number of nitrogens with two attached hydrogens (primary N) is 1. The van der Waals surface area contributed by atoms with Crippen LogP contribution in [0.1, 0.15) is 19.3 Å². The van der Waals surface area contributed by atoms with Crippen LogP contribution in [0.5, 0.6) is 0 Å². The molecule has 0 spiro atoms. The number of sulfonamides is 2. The summed E-state index contributed by atoms with van der Waals surface area (Å²) in [5.41, 5.74) is 8.00. The van der Waals surface area contributed by atoms with E-state index >= 15 is 0 Å². The normalized spacial score (nSPS) is 14.9. The molecule has 2 N–H and O–H groups in total. The minimum Gasteiger partial charge on any atom is -0.466 e. The SMILES string of the molecule is CN(CCC(=O)CCCN1CCN(c2ccncc2)CC1)S(=O)(=O)c1cccc(Cl)c1Cl.CN(CCOC=O)S(=O)(=O)c1cccc(Cl)c1Cl.NCCN1CCN(c2ccncc2)CC1. The van der Waals surface area contributed by atoms with E-state index in [2.05, 4.69) is 46.4 Å². The fourth-order valence-corrected chi connectivity index (χ4v) is 10.6. The van der Waals surface area contributed by atoms with Crippen molar-refractivity contribution in [1.82, 2.24) is 28.4 Å². The predicted molar refractivity (Wildman–Crippen MR) is 258 cm³/mol. The number of nitrogens with zero attached hydrogens (tertiary/aromatic N) is 8. The summed E-state index contributed by atoms with van der Waals surface area (Å²) >= 11 is 23.6. The minimum atomic E-state index is -3.81. The second kappa shape index (κ2) is 27.2. The van der Waals surface area contributed by atoms with E-state index in [1.807, 2.05) is 24.5 Å². The zero-order chi connectivity index (χ0) is 47.4. The fourth-order valence-electron chi connectivity index (χ4n) is 6.83. The molecule has 4 heterocycles. The molecule has 0 amide bonds. The quantitative estimate of drug-likeness (QED) is 0.0916. The summed E-state index contributed by atoms with van der Waals surface area (Å²) in [4.78, 5) is 39.8. The smallest absolute Gasteiger partial charge is 0.293 e. The van der Waals surface area contributed by atoms with E-state index in [9.17, 15) is 26.4 Å². The first-order valence-corrected chi connectivity index (χ1v) is 25.3. The van der Waals surface area contributed by atoms with Crippen LogP contribution in [0.3, 0.4) is 0 Å². The van der Waals surface area contributed by atoms with Gasteiger partial charge in [0, 0.05) is 142 Å². The number of hydrogen-bond donors (Lipinski definition) is 1. The molecule has 2 fully saturated rings. The Morgan fingerprint density at radius 1 is 0.662 bits per heavy atom. The number of hydrogen-bond acceptors (Lipinski definition) is 14. The van der Waals surface area contributed by atoms with E-state index in [4.69, 9.17) is 52.1 Å². The Hall–Kier alpha value is -3.66. The van der Waals surface area contributed by atoms with E-state index in [1.165, 1.54) is 61.9 Å². The van der Waals surface area contributed by atoms with Crippen LogP contribution in [-0.4, -0.2) is 163 Å². The lowest BCUT2D eigenvalue weighted by Crippen LogP contribution is -2.47. The Kier molecular flexibility index (Phi) is 22.6. The molecule has 0 unspecified atom stereocenters. The van der Waals surface area contributed by atoms with Crippen molar-refractivity contribution in [3.05, 3.63) is 106 Å². The molecular weight excluding hydrogens is 960 g/mol. The van der Waals surface area contributed by atoms with E-state index in [-0.39, 0.29) is 68.3 Å². The van der Waals surface area contributed by atoms with Crippen LogP contribution in [0.15, 0.2) is 95.2 Å². The van der Waals surface area contributed by atoms with Gasteiger partial charge in [-0.2, -0.15) is 4.31 Å². The van der Waals surface area contributed by atoms with Gasteiger partial charge >= 0.3 is 0 Å². The number of pyridine rings is 2. The van der Waals surface area contributed by atoms with Crippen LogP contribution in [0.2, 0.25) is 20.1 Å². The molecule has 2 aliphatic heterocycles. The van der Waals surface area contributed by atoms with Gasteiger partial charge in [0.1, 0.15) is 22.2 Å². The second-order valence-corrected chi connectivity index (χ2v) is 20.6. The van der Waals surface area contributed by atoms with Crippen LogP contribution in [0.4, 0.5) is 11.4 Å². The van der Waals surface area contributed by atoms with Gasteiger partial charge in [-0.3, -0.25) is 29.4 Å². The molecule has 0 aliphatic carbocycles. The molecule has 22 heteroatoms. The molecule has 0 bridgehead atoms. The molecule has 16 nitrogen and oxygen atoms in total. The number of halogens is 4. The highest BCUT2D eigenvalue weighted by Gasteiger charge is 2.26. The maximum absolute atomic E-state index is 12.7. The van der Waals surface area contributed by atoms with Crippen molar-refractivity contribution in [3.63, 3.8) is 0 Å². The third kappa shape index (κ3) is 16.6. The number of rotatable bonds is 19. The number of ketones is 1. The van der Waals surface area contributed by atoms with Gasteiger partial charge in [0.2, 0.25) is 20.0 Å². The lowest BCUT2D eigenvalue weighted by molar-refractivity contribution is -0.128. The van der Waals surface area contributed by atoms with Crippen LogP contribution in [0.25, 0.3) is 0 Å². The number of carbonyl (C=O) groups is 2. The van der Waals surface area contributed by atoms with Gasteiger partial charge in [-0.25, -0.2) is 21.1 Å². The van der Waals surface area contributed by atoms with Crippen LogP contribution >= 0.6 is 46.4 Å². The molecule has 0 saturated carbocycles. The van der Waals surface area contributed by atoms with Gasteiger partial charge in [-0.1, -0.05) is 58.5 Å². The number of ether oxygens (including phenoxy) is 1. The maximum atomic E-state index is 12.7. The Bertz CT molecular complexity index is 2310. The van der Waals surface area contributed by atoms with Crippen molar-refractivity contribution in [3.8, 4) is 0 Å². The van der Waals surface area contributed by atoms with E-state index in [0.717, 1.165) is 87.0 Å². The largest absolute Gasteiger partial charge is 0.466 e. The highest BCUT2D eigenvalue weighted by Crippen LogP contribution is 2.32. The minimum absolute atomic E-state index is 0.00336. The fraction of sp³-hybridized carbons (Fsp3) is 0.442. The van der Waals surface area contributed by atoms with E-state index in [0.29, 0.717) is 6.42 Å². The first-order valence-electron chi connectivity index (χ1n) is 20.9. The van der Waals surface area contributed by atoms with Crippen molar-refractivity contribution in [2.75, 3.05) is 116 Å². The highest BCUT2D eigenvalue weighted by molar-refractivity contribution is 7.89. The number of benzene rings is 2. The van der Waals surface area contributed by atoms with Gasteiger partial charge < -0.3 is 20.3 Å². The van der Waals surface area contributed by atoms with Crippen LogP contribution in [0, 0.1) is 0 Å². The summed E-state index contributed by atoms with van der Waals surface area (Å²) in [7, 11) is -4.75. The summed E-state index contributed by atoms with van der Waals surface area (Å²) in [5, 5.41) is 0.313. The number of aromatic nitrogens is 2. The molecule has 65 heavy (non-hydrogen) atoms. The standard InChI is InChI=1S/C22H28Cl2N4O3S.C11H18N4.C10H11Cl2NO4S/c1-26(32(30,31)21-6-2-5-20(23)22(21)24)13-9-19(29)4-3-12-27-14-16-28(17-15-27)18-7-10-25-11-8-18;12-3-6-14-7-9-15(10-8-14)11-1-4-13-5-2-11;1-13(5-6-17-7-14)18(15,16)9-4-2-3-8(11)10(9)12/h2,5-8,10-11H,3-4,9,12-17H2,1H3;1-2,4-5H,3,6-10,12H2;2-4,7H,5-6H2,1H3. The van der Waals surface area contributed by atoms with Gasteiger partial charge in [0.05, 0.1) is 20.1 Å². The average Bonchev–Trinajstić information content (AvgIpc) is 3.31. The molecule has 356 valence electrons. The van der Waals surface area contributed by atoms with Crippen LogP contribution in [-0.2, 0) is 34.4 Å². The van der Waals surface area contributed by atoms with Gasteiger partial charge in [0.15, 0.2) is 0 Å². The molecule has 6 rings (SSSR count). The van der Waals surface area contributed by atoms with Crippen LogP contribution < -0.4 is 15.5 Å². The molecule has 0 atom stereocenters. The van der Waals surface area contributed by atoms with Gasteiger partial charge in [-0.05, 0) is 61.5 Å². The Morgan fingerprint density at radius 3 is 1.52 bits per heavy atom. The lowest BCUT2D eigenvalue weighted by Gasteiger charge is -2.36. The van der Waals surface area contributed by atoms with Crippen molar-refractivity contribution in [2.45, 2.75) is 29.1 Å². The van der Waals surface area contributed by atoms with Gasteiger partial charge in [-0.15, -0.1) is 0 Å². The lowest BCUT2D eigenvalue weighted by atomic mass is 10.1. The summed E-state index contributed by atoms with van der Waals surface area (Å²) in [6, 6.07) is 17.0. The third-order valence-corrected chi connectivity index (χ3v) is 16.3. The number of piperazine rings is 2. The third-order valence-electron chi connectivity index (χ3n) is 10.7. The van der Waals surface area contributed by atoms with Crippen molar-refractivity contribution in [1.29, 1.82) is 0 Å². The number of Topliss-reactive ketones (excluding diaryl/α,β-unsaturated/α-hetero) is 1. The van der Waals surface area contributed by atoms with Crippen molar-refractivity contribution >= 4 is 90.1 Å². The van der Waals surface area contributed by atoms with E-state index in [1.54, 1.807) is 12.4 Å². The maximum Gasteiger partial charge on any atom is 0.293 e. The molecule has 2 aromatic carbocycles. The summed E-state index contributed by atoms with van der Waals surface area (Å²) < 4.78 is 56.4. The second-order valence-electron chi connectivity index (χ2n) is 15.0. The molecule has 2 aromatic heterocycles. The number of anilines is 2. The Labute approximate surface area is 403 Å². The molecule has 0 radical (unpaired) electrons. The molecule has 4 aromatic rings. The molecule has 2 aliphatic rings. The van der Waals surface area contributed by atoms with E-state index < -0.39 is 20.0 Å². The topological polar surface area (TPSA) is 183 Å². The first-order chi connectivity index (χ1) is 31.1. The summed E-state index contributed by atoms with van der Waals surface area (Å²) in [5.74, 6) is 0.0552. The highest BCUT2D eigenvalue weighted by atomic mass is 35.5. The predicted octanol–water partition coefficient (Wildman–Crippen LogP) is 5.52. The Balaban J connectivity index is 0.000000236. The molecular formula is C43H57Cl4N9O7S2. The summed E-state index contributed by atoms with van der Waals surface area (Å²) in [6.07, 6.45) is 8.69. The average molecular weight is 1020 g/mol. The van der Waals surface area contributed by atoms with Crippen molar-refractivity contribution in [2.24, 2.45) is 5.73 Å². The zero-order valence-electron chi connectivity index (χ0n) is 36.5. The zero-order valence-corrected chi connectivity index (χ0v) is 41.2. The monoisotopic (exact) mass is 1020 g/mol. The summed E-state index contributed by atoms with van der Waals surface area (Å²) in [6.45, 7) is 11.2. The number of carbonyl (C=O) groups excluding carboxylic acids is 2.